The van der Waals surface area contributed by atoms with Crippen molar-refractivity contribution in [3.05, 3.63) is 23.8 Å². The Balaban J connectivity index is 1.85. The Bertz CT molecular complexity index is 805. The smallest absolute Gasteiger partial charge is 0.336 e. The molecule has 5 nitrogen and oxygen atoms in total. The van der Waals surface area contributed by atoms with Gasteiger partial charge in [-0.3, -0.25) is 4.79 Å². The maximum absolute atomic E-state index is 16.9. The SMILES string of the molecule is CC[C@@H]1C[C@H]2[C@@H]3CCC4=CC(=O)C=C[C@]4(C)[C@@]3(F)[C@@H](O)C[C@]2(C)[C@@]1(O)C(=O)O. The molecule has 28 heavy (non-hydrogen) atoms. The van der Waals surface area contributed by atoms with Gasteiger partial charge in [-0.2, -0.15) is 0 Å². The number of aliphatic hydroxyl groups excluding tert-OH is 1. The molecule has 0 spiro atoms. The Morgan fingerprint density at radius 3 is 2.61 bits per heavy atom. The summed E-state index contributed by atoms with van der Waals surface area (Å²) in [6.45, 7) is 5.28. The second-order valence-corrected chi connectivity index (χ2v) is 9.68. The van der Waals surface area contributed by atoms with Crippen molar-refractivity contribution in [2.45, 2.75) is 70.2 Å². The van der Waals surface area contributed by atoms with Crippen LogP contribution < -0.4 is 0 Å². The van der Waals surface area contributed by atoms with Crippen LogP contribution in [0, 0.1) is 28.6 Å². The summed E-state index contributed by atoms with van der Waals surface area (Å²) < 4.78 is 16.9. The molecule has 0 aliphatic heterocycles. The Morgan fingerprint density at radius 2 is 2.00 bits per heavy atom. The lowest BCUT2D eigenvalue weighted by atomic mass is 9.45. The van der Waals surface area contributed by atoms with E-state index in [0.29, 0.717) is 31.3 Å². The third kappa shape index (κ3) is 1.98. The van der Waals surface area contributed by atoms with E-state index in [1.165, 1.54) is 12.2 Å². The van der Waals surface area contributed by atoms with Crippen LogP contribution >= 0.6 is 0 Å². The van der Waals surface area contributed by atoms with Gasteiger partial charge < -0.3 is 15.3 Å². The van der Waals surface area contributed by atoms with Crippen molar-refractivity contribution in [2.75, 3.05) is 0 Å². The van der Waals surface area contributed by atoms with Gasteiger partial charge in [0, 0.05) is 16.7 Å². The molecule has 0 aromatic rings. The number of fused-ring (bicyclic) bond motifs is 5. The summed E-state index contributed by atoms with van der Waals surface area (Å²) in [5.41, 5.74) is -5.49. The molecule has 154 valence electrons. The highest BCUT2D eigenvalue weighted by atomic mass is 19.1. The summed E-state index contributed by atoms with van der Waals surface area (Å²) in [5, 5.41) is 32.3. The van der Waals surface area contributed by atoms with Crippen LogP contribution in [0.5, 0.6) is 0 Å². The lowest BCUT2D eigenvalue weighted by Gasteiger charge is -2.62. The topological polar surface area (TPSA) is 94.8 Å². The molecule has 0 aromatic carbocycles. The molecule has 4 rings (SSSR count). The molecular weight excluding hydrogens is 363 g/mol. The fraction of sp³-hybridized carbons (Fsp3) is 0.727. The molecule has 3 N–H and O–H groups in total. The van der Waals surface area contributed by atoms with Gasteiger partial charge in [-0.1, -0.05) is 25.5 Å². The van der Waals surface area contributed by atoms with E-state index in [9.17, 15) is 24.9 Å². The van der Waals surface area contributed by atoms with Gasteiger partial charge in [-0.05, 0) is 63.0 Å². The molecule has 0 saturated heterocycles. The van der Waals surface area contributed by atoms with Gasteiger partial charge in [0.25, 0.3) is 0 Å². The van der Waals surface area contributed by atoms with E-state index < -0.39 is 46.0 Å². The number of hydrogen-bond acceptors (Lipinski definition) is 4. The maximum atomic E-state index is 16.9. The first-order chi connectivity index (χ1) is 13.0. The molecule has 0 aromatic heterocycles. The molecule has 0 amide bonds. The molecule has 0 radical (unpaired) electrons. The third-order valence-corrected chi connectivity index (χ3v) is 8.85. The zero-order valence-corrected chi connectivity index (χ0v) is 16.6. The van der Waals surface area contributed by atoms with Crippen molar-refractivity contribution in [2.24, 2.45) is 28.6 Å². The lowest BCUT2D eigenvalue weighted by molar-refractivity contribution is -0.226. The molecule has 0 unspecified atom stereocenters. The number of carboxylic acids is 1. The average molecular weight is 392 g/mol. The number of aliphatic hydroxyl groups is 2. The van der Waals surface area contributed by atoms with E-state index in [4.69, 9.17) is 0 Å². The zero-order chi connectivity index (χ0) is 20.7. The summed E-state index contributed by atoms with van der Waals surface area (Å²) in [7, 11) is 0. The van der Waals surface area contributed by atoms with Gasteiger partial charge in [0.15, 0.2) is 17.1 Å². The minimum Gasteiger partial charge on any atom is -0.479 e. The van der Waals surface area contributed by atoms with Crippen LogP contribution in [0.2, 0.25) is 0 Å². The van der Waals surface area contributed by atoms with Gasteiger partial charge in [0.05, 0.1) is 6.10 Å². The molecule has 8 atom stereocenters. The lowest BCUT2D eigenvalue weighted by Crippen LogP contribution is -2.69. The van der Waals surface area contributed by atoms with Crippen molar-refractivity contribution < 1.29 is 29.3 Å². The minimum absolute atomic E-state index is 0.116. The van der Waals surface area contributed by atoms with Crippen LogP contribution in [0.3, 0.4) is 0 Å². The van der Waals surface area contributed by atoms with Gasteiger partial charge in [-0.25, -0.2) is 9.18 Å². The van der Waals surface area contributed by atoms with E-state index in [2.05, 4.69) is 0 Å². The maximum Gasteiger partial charge on any atom is 0.336 e. The standard InChI is InChI=1S/C22H29FO5/c1-4-12-10-16-15-6-5-13-9-14(24)7-8-19(13,2)21(15,23)17(25)11-20(16,3)22(12,28)18(26)27/h7-9,12,15-17,25,28H,4-6,10-11H2,1-3H3,(H,26,27)/t12-,15+,16+,17+,19+,20+,21+,22+/m1/s1. The number of rotatable bonds is 2. The highest BCUT2D eigenvalue weighted by Gasteiger charge is 2.76. The predicted octanol–water partition coefficient (Wildman–Crippen LogP) is 2.81. The quantitative estimate of drug-likeness (QED) is 0.672. The van der Waals surface area contributed by atoms with Gasteiger partial charge >= 0.3 is 5.97 Å². The van der Waals surface area contributed by atoms with Crippen molar-refractivity contribution >= 4 is 11.8 Å². The van der Waals surface area contributed by atoms with Crippen LogP contribution in [0.15, 0.2) is 23.8 Å². The number of carboxylic acid groups (broad SMARTS) is 1. The van der Waals surface area contributed by atoms with Crippen molar-refractivity contribution in [1.29, 1.82) is 0 Å². The van der Waals surface area contributed by atoms with Crippen LogP contribution in [0.4, 0.5) is 4.39 Å². The van der Waals surface area contributed by atoms with Crippen LogP contribution in [-0.4, -0.2) is 44.4 Å². The van der Waals surface area contributed by atoms with Gasteiger partial charge in [0.2, 0.25) is 0 Å². The Kier molecular flexibility index (Phi) is 4.07. The number of allylic oxidation sites excluding steroid dienone is 4. The summed E-state index contributed by atoms with van der Waals surface area (Å²) in [4.78, 5) is 24.0. The molecule has 3 fully saturated rings. The first kappa shape index (κ1) is 19.8. The Hall–Kier alpha value is -1.53. The number of aliphatic carboxylic acids is 1. The Morgan fingerprint density at radius 1 is 1.32 bits per heavy atom. The number of alkyl halides is 1. The second kappa shape index (κ2) is 5.76. The molecule has 0 heterocycles. The number of carbonyl (C=O) groups is 2. The number of hydrogen-bond donors (Lipinski definition) is 3. The molecule has 0 bridgehead atoms. The fourth-order valence-corrected chi connectivity index (χ4v) is 7.26. The molecule has 3 saturated carbocycles. The van der Waals surface area contributed by atoms with E-state index in [1.807, 2.05) is 6.92 Å². The van der Waals surface area contributed by atoms with Gasteiger partial charge in [-0.15, -0.1) is 0 Å². The molecule has 4 aliphatic rings. The number of carbonyl (C=O) groups excluding carboxylic acids is 1. The summed E-state index contributed by atoms with van der Waals surface area (Å²) in [6.07, 6.45) is 4.76. The average Bonchev–Trinajstić information content (AvgIpc) is 2.86. The first-order valence-corrected chi connectivity index (χ1v) is 10.2. The molecule has 4 aliphatic carbocycles. The fourth-order valence-electron chi connectivity index (χ4n) is 7.26. The van der Waals surface area contributed by atoms with Crippen molar-refractivity contribution in [3.8, 4) is 0 Å². The zero-order valence-electron chi connectivity index (χ0n) is 16.6. The van der Waals surface area contributed by atoms with E-state index >= 15 is 4.39 Å². The monoisotopic (exact) mass is 392 g/mol. The number of ketones is 1. The summed E-state index contributed by atoms with van der Waals surface area (Å²) in [5.74, 6) is -2.87. The van der Waals surface area contributed by atoms with Crippen molar-refractivity contribution in [1.82, 2.24) is 0 Å². The van der Waals surface area contributed by atoms with Crippen molar-refractivity contribution in [3.63, 3.8) is 0 Å². The van der Waals surface area contributed by atoms with Crippen LogP contribution in [0.25, 0.3) is 0 Å². The largest absolute Gasteiger partial charge is 0.479 e. The van der Waals surface area contributed by atoms with Gasteiger partial charge in [0.1, 0.15) is 0 Å². The summed E-state index contributed by atoms with van der Waals surface area (Å²) >= 11 is 0. The molecular formula is C22H29FO5. The second-order valence-electron chi connectivity index (χ2n) is 9.68. The minimum atomic E-state index is -2.00. The van der Waals surface area contributed by atoms with E-state index in [-0.39, 0.29) is 18.1 Å². The van der Waals surface area contributed by atoms with E-state index in [1.54, 1.807) is 19.9 Å². The molecule has 6 heteroatoms. The Labute approximate surface area is 164 Å². The summed E-state index contributed by atoms with van der Waals surface area (Å²) in [6, 6.07) is 0. The highest BCUT2D eigenvalue weighted by Crippen LogP contribution is 2.70. The van der Waals surface area contributed by atoms with Crippen LogP contribution in [-0.2, 0) is 9.59 Å². The number of halogens is 1. The predicted molar refractivity (Wildman–Crippen MR) is 100 cm³/mol. The van der Waals surface area contributed by atoms with E-state index in [0.717, 1.165) is 0 Å². The third-order valence-electron chi connectivity index (χ3n) is 8.85. The first-order valence-electron chi connectivity index (χ1n) is 10.2. The van der Waals surface area contributed by atoms with Crippen LogP contribution in [0.1, 0.15) is 52.9 Å². The normalized spacial score (nSPS) is 52.5. The highest BCUT2D eigenvalue weighted by molar-refractivity contribution is 6.01.